The number of nitrogens with one attached hydrogen (secondary N) is 1. The highest BCUT2D eigenvalue weighted by Crippen LogP contribution is 2.07. The average molecular weight is 313 g/mol. The summed E-state index contributed by atoms with van der Waals surface area (Å²) in [6, 6.07) is 17.2. The van der Waals surface area contributed by atoms with Gasteiger partial charge in [-0.05, 0) is 36.6 Å². The first-order valence-electron chi connectivity index (χ1n) is 7.87. The normalized spacial score (nSPS) is 11.9. The van der Waals surface area contributed by atoms with Crippen LogP contribution in [0.1, 0.15) is 28.4 Å². The number of hydrogen-bond acceptors (Lipinski definition) is 4. The molecular formula is C19H23NO3. The van der Waals surface area contributed by atoms with Gasteiger partial charge in [-0.2, -0.15) is 0 Å². The molecule has 0 radical (unpaired) electrons. The Balaban J connectivity index is 1.74. The predicted molar refractivity (Wildman–Crippen MR) is 90.3 cm³/mol. The summed E-state index contributed by atoms with van der Waals surface area (Å²) >= 11 is 0. The van der Waals surface area contributed by atoms with Gasteiger partial charge in [-0.15, -0.1) is 0 Å². The van der Waals surface area contributed by atoms with Crippen molar-refractivity contribution in [1.29, 1.82) is 0 Å². The van der Waals surface area contributed by atoms with Crippen LogP contribution in [0.5, 0.6) is 0 Å². The molecule has 0 aliphatic rings. The first-order valence-corrected chi connectivity index (χ1v) is 7.87. The monoisotopic (exact) mass is 313 g/mol. The second-order valence-electron chi connectivity index (χ2n) is 5.39. The fourth-order valence-electron chi connectivity index (χ4n) is 2.31. The summed E-state index contributed by atoms with van der Waals surface area (Å²) in [5, 5.41) is 13.3. The van der Waals surface area contributed by atoms with Gasteiger partial charge in [0.25, 0.3) is 0 Å². The Morgan fingerprint density at radius 2 is 1.78 bits per heavy atom. The molecule has 0 saturated heterocycles. The van der Waals surface area contributed by atoms with Crippen molar-refractivity contribution in [1.82, 2.24) is 5.32 Å². The highest BCUT2D eigenvalue weighted by molar-refractivity contribution is 5.89. The SMILES string of the molecule is CCOC(=O)c1ccc(CNCC(O)Cc2ccccc2)cc1. The van der Waals surface area contributed by atoms with Gasteiger partial charge >= 0.3 is 5.97 Å². The molecule has 0 saturated carbocycles. The van der Waals surface area contributed by atoms with Crippen molar-refractivity contribution in [2.45, 2.75) is 26.0 Å². The number of aliphatic hydroxyl groups excluding tert-OH is 1. The molecule has 2 aromatic rings. The van der Waals surface area contributed by atoms with E-state index in [1.54, 1.807) is 19.1 Å². The summed E-state index contributed by atoms with van der Waals surface area (Å²) in [5.74, 6) is -0.301. The van der Waals surface area contributed by atoms with E-state index in [4.69, 9.17) is 4.74 Å². The lowest BCUT2D eigenvalue weighted by Gasteiger charge is -2.12. The van der Waals surface area contributed by atoms with Crippen molar-refractivity contribution < 1.29 is 14.6 Å². The number of aliphatic hydroxyl groups is 1. The number of carbonyl (C=O) groups excluding carboxylic acids is 1. The molecule has 2 aromatic carbocycles. The van der Waals surface area contributed by atoms with E-state index in [1.807, 2.05) is 42.5 Å². The topological polar surface area (TPSA) is 58.6 Å². The van der Waals surface area contributed by atoms with Crippen LogP contribution in [-0.2, 0) is 17.7 Å². The quantitative estimate of drug-likeness (QED) is 0.735. The highest BCUT2D eigenvalue weighted by atomic mass is 16.5. The van der Waals surface area contributed by atoms with E-state index in [9.17, 15) is 9.90 Å². The van der Waals surface area contributed by atoms with E-state index in [-0.39, 0.29) is 5.97 Å². The lowest BCUT2D eigenvalue weighted by molar-refractivity contribution is 0.0526. The molecule has 4 nitrogen and oxygen atoms in total. The third kappa shape index (κ3) is 5.85. The second-order valence-corrected chi connectivity index (χ2v) is 5.39. The number of rotatable bonds is 8. The first kappa shape index (κ1) is 17.2. The predicted octanol–water partition coefficient (Wildman–Crippen LogP) is 2.56. The van der Waals surface area contributed by atoms with E-state index in [1.165, 1.54) is 0 Å². The van der Waals surface area contributed by atoms with E-state index >= 15 is 0 Å². The molecule has 0 heterocycles. The Labute approximate surface area is 137 Å². The molecule has 122 valence electrons. The minimum Gasteiger partial charge on any atom is -0.462 e. The number of ether oxygens (including phenoxy) is 1. The maximum absolute atomic E-state index is 11.6. The summed E-state index contributed by atoms with van der Waals surface area (Å²) in [6.45, 7) is 3.34. The third-order valence-electron chi connectivity index (χ3n) is 3.49. The molecule has 2 N–H and O–H groups in total. The van der Waals surface area contributed by atoms with Gasteiger partial charge in [-0.3, -0.25) is 0 Å². The average Bonchev–Trinajstić information content (AvgIpc) is 2.56. The molecule has 0 fully saturated rings. The van der Waals surface area contributed by atoms with Crippen LogP contribution >= 0.6 is 0 Å². The van der Waals surface area contributed by atoms with Crippen LogP contribution in [0.4, 0.5) is 0 Å². The fourth-order valence-corrected chi connectivity index (χ4v) is 2.31. The Bertz CT molecular complexity index is 596. The summed E-state index contributed by atoms with van der Waals surface area (Å²) in [7, 11) is 0. The second kappa shape index (κ2) is 9.08. The zero-order chi connectivity index (χ0) is 16.5. The Hall–Kier alpha value is -2.17. The molecule has 0 amide bonds. The van der Waals surface area contributed by atoms with Crippen LogP contribution in [0.3, 0.4) is 0 Å². The molecular weight excluding hydrogens is 290 g/mol. The molecule has 1 unspecified atom stereocenters. The van der Waals surface area contributed by atoms with E-state index in [2.05, 4.69) is 5.32 Å². The van der Waals surface area contributed by atoms with Crippen LogP contribution in [0, 0.1) is 0 Å². The smallest absolute Gasteiger partial charge is 0.338 e. The molecule has 23 heavy (non-hydrogen) atoms. The van der Waals surface area contributed by atoms with E-state index < -0.39 is 6.10 Å². The zero-order valence-electron chi connectivity index (χ0n) is 13.4. The van der Waals surface area contributed by atoms with Gasteiger partial charge in [-0.1, -0.05) is 42.5 Å². The van der Waals surface area contributed by atoms with Gasteiger partial charge in [0.05, 0.1) is 18.3 Å². The van der Waals surface area contributed by atoms with Crippen molar-refractivity contribution >= 4 is 5.97 Å². The van der Waals surface area contributed by atoms with Crippen LogP contribution < -0.4 is 5.32 Å². The van der Waals surface area contributed by atoms with Crippen molar-refractivity contribution in [2.75, 3.05) is 13.2 Å². The maximum atomic E-state index is 11.6. The number of hydrogen-bond donors (Lipinski definition) is 2. The van der Waals surface area contributed by atoms with E-state index in [0.29, 0.717) is 31.7 Å². The molecule has 4 heteroatoms. The zero-order valence-corrected chi connectivity index (χ0v) is 13.4. The van der Waals surface area contributed by atoms with Gasteiger partial charge < -0.3 is 15.2 Å². The third-order valence-corrected chi connectivity index (χ3v) is 3.49. The van der Waals surface area contributed by atoms with Gasteiger partial charge in [0.2, 0.25) is 0 Å². The van der Waals surface area contributed by atoms with Crippen molar-refractivity contribution in [3.8, 4) is 0 Å². The lowest BCUT2D eigenvalue weighted by Crippen LogP contribution is -2.28. The standard InChI is InChI=1S/C19H23NO3/c1-2-23-19(22)17-10-8-16(9-11-17)13-20-14-18(21)12-15-6-4-3-5-7-15/h3-11,18,20-21H,2,12-14H2,1H3. The summed E-state index contributed by atoms with van der Waals surface area (Å²) in [5.41, 5.74) is 2.74. The Kier molecular flexibility index (Phi) is 6.78. The van der Waals surface area contributed by atoms with Gasteiger partial charge in [0.1, 0.15) is 0 Å². The summed E-state index contributed by atoms with van der Waals surface area (Å²) in [4.78, 5) is 11.6. The minimum absolute atomic E-state index is 0.301. The van der Waals surface area contributed by atoms with Gasteiger partial charge in [-0.25, -0.2) is 4.79 Å². The van der Waals surface area contributed by atoms with Crippen molar-refractivity contribution in [3.63, 3.8) is 0 Å². The van der Waals surface area contributed by atoms with Crippen LogP contribution in [0.25, 0.3) is 0 Å². The number of esters is 1. The number of benzene rings is 2. The van der Waals surface area contributed by atoms with E-state index in [0.717, 1.165) is 11.1 Å². The van der Waals surface area contributed by atoms with Crippen LogP contribution in [-0.4, -0.2) is 30.3 Å². The molecule has 2 rings (SSSR count). The molecule has 0 bridgehead atoms. The highest BCUT2D eigenvalue weighted by Gasteiger charge is 2.07. The molecule has 1 atom stereocenters. The minimum atomic E-state index is -0.420. The Morgan fingerprint density at radius 3 is 2.43 bits per heavy atom. The molecule has 0 aromatic heterocycles. The van der Waals surface area contributed by atoms with Crippen LogP contribution in [0.15, 0.2) is 54.6 Å². The van der Waals surface area contributed by atoms with Crippen molar-refractivity contribution in [3.05, 3.63) is 71.3 Å². The molecule has 0 spiro atoms. The largest absolute Gasteiger partial charge is 0.462 e. The fraction of sp³-hybridized carbons (Fsp3) is 0.316. The molecule has 0 aliphatic heterocycles. The van der Waals surface area contributed by atoms with Gasteiger partial charge in [0.15, 0.2) is 0 Å². The lowest BCUT2D eigenvalue weighted by atomic mass is 10.1. The number of carbonyl (C=O) groups is 1. The first-order chi connectivity index (χ1) is 11.2. The summed E-state index contributed by atoms with van der Waals surface area (Å²) in [6.07, 6.45) is 0.214. The van der Waals surface area contributed by atoms with Gasteiger partial charge in [0, 0.05) is 13.1 Å². The molecule has 0 aliphatic carbocycles. The van der Waals surface area contributed by atoms with Crippen molar-refractivity contribution in [2.24, 2.45) is 0 Å². The maximum Gasteiger partial charge on any atom is 0.338 e. The Morgan fingerprint density at radius 1 is 1.09 bits per heavy atom. The summed E-state index contributed by atoms with van der Waals surface area (Å²) < 4.78 is 4.95. The van der Waals surface area contributed by atoms with Crippen LogP contribution in [0.2, 0.25) is 0 Å².